The molecule has 182 valence electrons. The number of pyridine rings is 1. The highest BCUT2D eigenvalue weighted by atomic mass is 127. The van der Waals surface area contributed by atoms with Crippen LogP contribution < -0.4 is 10.6 Å². The third kappa shape index (κ3) is 9.00. The number of alkyl halides is 3. The molecule has 33 heavy (non-hydrogen) atoms. The highest BCUT2D eigenvalue weighted by Gasteiger charge is 2.30. The number of ether oxygens (including phenoxy) is 1. The molecule has 2 heterocycles. The maximum absolute atomic E-state index is 12.6. The van der Waals surface area contributed by atoms with Crippen molar-refractivity contribution in [2.24, 2.45) is 10.9 Å². The third-order valence-electron chi connectivity index (χ3n) is 5.30. The molecule has 1 aromatic carbocycles. The van der Waals surface area contributed by atoms with Crippen LogP contribution in [-0.2, 0) is 17.5 Å². The molecule has 1 fully saturated rings. The van der Waals surface area contributed by atoms with Crippen molar-refractivity contribution in [3.63, 3.8) is 0 Å². The van der Waals surface area contributed by atoms with Crippen molar-refractivity contribution in [2.45, 2.75) is 25.6 Å². The van der Waals surface area contributed by atoms with Crippen LogP contribution in [0, 0.1) is 5.92 Å². The standard InChI is InChI=1S/C23H30F3N5O.HI/c1-27-22(29-12-5-11-28-21-9-8-20(14-30-21)23(24,25)26)31-13-10-19(15-31)17-32-16-18-6-3-2-4-7-18;/h2-4,6-9,14,19H,5,10-13,15-17H2,1H3,(H,27,29)(H,28,30);1H. The van der Waals surface area contributed by atoms with Crippen LogP contribution in [-0.4, -0.2) is 55.7 Å². The zero-order chi connectivity index (χ0) is 22.8. The van der Waals surface area contributed by atoms with Crippen LogP contribution in [0.1, 0.15) is 24.0 Å². The zero-order valence-electron chi connectivity index (χ0n) is 18.6. The summed E-state index contributed by atoms with van der Waals surface area (Å²) in [6, 6.07) is 12.5. The van der Waals surface area contributed by atoms with E-state index in [1.807, 2.05) is 18.2 Å². The van der Waals surface area contributed by atoms with Gasteiger partial charge in [-0.25, -0.2) is 4.98 Å². The van der Waals surface area contributed by atoms with E-state index in [1.54, 1.807) is 7.05 Å². The molecule has 0 spiro atoms. The van der Waals surface area contributed by atoms with E-state index in [9.17, 15) is 13.2 Å². The smallest absolute Gasteiger partial charge is 0.376 e. The highest BCUT2D eigenvalue weighted by molar-refractivity contribution is 14.0. The van der Waals surface area contributed by atoms with E-state index >= 15 is 0 Å². The zero-order valence-corrected chi connectivity index (χ0v) is 21.0. The number of likely N-dealkylation sites (tertiary alicyclic amines) is 1. The summed E-state index contributed by atoms with van der Waals surface area (Å²) in [5, 5.41) is 6.39. The number of nitrogens with zero attached hydrogens (tertiary/aromatic N) is 3. The maximum Gasteiger partial charge on any atom is 0.417 e. The van der Waals surface area contributed by atoms with Crippen molar-refractivity contribution in [1.29, 1.82) is 0 Å². The lowest BCUT2D eigenvalue weighted by molar-refractivity contribution is -0.137. The molecule has 3 rings (SSSR count). The predicted octanol–water partition coefficient (Wildman–Crippen LogP) is 4.63. The Labute approximate surface area is 210 Å². The molecular formula is C23H31F3IN5O. The normalized spacial score (nSPS) is 16.4. The summed E-state index contributed by atoms with van der Waals surface area (Å²) in [7, 11) is 1.77. The number of aromatic nitrogens is 1. The molecule has 1 saturated heterocycles. The molecule has 10 heteroatoms. The summed E-state index contributed by atoms with van der Waals surface area (Å²) in [5.74, 6) is 1.77. The van der Waals surface area contributed by atoms with Gasteiger partial charge in [-0.1, -0.05) is 30.3 Å². The summed E-state index contributed by atoms with van der Waals surface area (Å²) >= 11 is 0. The van der Waals surface area contributed by atoms with Crippen molar-refractivity contribution >= 4 is 35.8 Å². The minimum absolute atomic E-state index is 0. The molecule has 0 bridgehead atoms. The van der Waals surface area contributed by atoms with Crippen LogP contribution in [0.2, 0.25) is 0 Å². The number of hydrogen-bond acceptors (Lipinski definition) is 4. The molecule has 2 aromatic rings. The second kappa shape index (κ2) is 13.6. The van der Waals surface area contributed by atoms with E-state index in [2.05, 4.69) is 37.6 Å². The van der Waals surface area contributed by atoms with E-state index in [0.29, 0.717) is 31.4 Å². The quantitative estimate of drug-likeness (QED) is 0.197. The fourth-order valence-electron chi connectivity index (χ4n) is 3.58. The van der Waals surface area contributed by atoms with Crippen LogP contribution in [0.15, 0.2) is 53.7 Å². The van der Waals surface area contributed by atoms with Gasteiger partial charge in [0.05, 0.1) is 18.8 Å². The highest BCUT2D eigenvalue weighted by Crippen LogP contribution is 2.28. The van der Waals surface area contributed by atoms with Crippen LogP contribution >= 0.6 is 24.0 Å². The van der Waals surface area contributed by atoms with Crippen molar-refractivity contribution in [3.05, 3.63) is 59.8 Å². The van der Waals surface area contributed by atoms with Crippen LogP contribution in [0.4, 0.5) is 19.0 Å². The van der Waals surface area contributed by atoms with Gasteiger partial charge in [0.2, 0.25) is 0 Å². The van der Waals surface area contributed by atoms with Gasteiger partial charge in [0.15, 0.2) is 5.96 Å². The number of nitrogens with one attached hydrogen (secondary N) is 2. The number of halogens is 4. The van der Waals surface area contributed by atoms with Crippen molar-refractivity contribution in [2.75, 3.05) is 45.2 Å². The molecule has 1 atom stereocenters. The van der Waals surface area contributed by atoms with E-state index in [4.69, 9.17) is 4.74 Å². The van der Waals surface area contributed by atoms with Crippen molar-refractivity contribution in [1.82, 2.24) is 15.2 Å². The lowest BCUT2D eigenvalue weighted by atomic mass is 10.1. The molecule has 1 unspecified atom stereocenters. The summed E-state index contributed by atoms with van der Waals surface area (Å²) in [6.45, 7) is 4.50. The van der Waals surface area contributed by atoms with Gasteiger partial charge in [-0.05, 0) is 30.5 Å². The Morgan fingerprint density at radius 1 is 1.18 bits per heavy atom. The SMILES string of the molecule is CN=C(NCCCNc1ccc(C(F)(F)F)cn1)N1CCC(COCc2ccccc2)C1.I. The van der Waals surface area contributed by atoms with E-state index in [-0.39, 0.29) is 24.0 Å². The van der Waals surface area contributed by atoms with Gasteiger partial charge in [-0.15, -0.1) is 24.0 Å². The Morgan fingerprint density at radius 3 is 2.64 bits per heavy atom. The fraction of sp³-hybridized carbons (Fsp3) is 0.478. The Balaban J connectivity index is 0.00000385. The first-order valence-corrected chi connectivity index (χ1v) is 10.8. The van der Waals surface area contributed by atoms with Gasteiger partial charge in [0.1, 0.15) is 5.82 Å². The monoisotopic (exact) mass is 577 g/mol. The number of rotatable bonds is 9. The molecule has 6 nitrogen and oxygen atoms in total. The summed E-state index contributed by atoms with van der Waals surface area (Å²) in [6.07, 6.45) is -1.68. The minimum atomic E-state index is -4.37. The number of aliphatic imine (C=N–C) groups is 1. The Bertz CT molecular complexity index is 849. The average molecular weight is 577 g/mol. The van der Waals surface area contributed by atoms with E-state index in [0.717, 1.165) is 50.8 Å². The number of guanidine groups is 1. The number of anilines is 1. The summed E-state index contributed by atoms with van der Waals surface area (Å²) in [4.78, 5) is 10.4. The Morgan fingerprint density at radius 2 is 1.97 bits per heavy atom. The van der Waals surface area contributed by atoms with E-state index in [1.165, 1.54) is 11.6 Å². The second-order valence-corrected chi connectivity index (χ2v) is 7.79. The van der Waals surface area contributed by atoms with Gasteiger partial charge in [-0.2, -0.15) is 13.2 Å². The largest absolute Gasteiger partial charge is 0.417 e. The van der Waals surface area contributed by atoms with Crippen LogP contribution in [0.5, 0.6) is 0 Å². The molecule has 1 aliphatic rings. The first kappa shape index (κ1) is 27.2. The van der Waals surface area contributed by atoms with Crippen LogP contribution in [0.25, 0.3) is 0 Å². The topological polar surface area (TPSA) is 61.8 Å². The number of benzene rings is 1. The first-order chi connectivity index (χ1) is 15.5. The molecule has 0 saturated carbocycles. The third-order valence-corrected chi connectivity index (χ3v) is 5.30. The van der Waals surface area contributed by atoms with E-state index < -0.39 is 11.7 Å². The molecule has 0 amide bonds. The van der Waals surface area contributed by atoms with Gasteiger partial charge in [0, 0.05) is 45.3 Å². The fourth-order valence-corrected chi connectivity index (χ4v) is 3.58. The maximum atomic E-state index is 12.6. The van der Waals surface area contributed by atoms with Gasteiger partial charge < -0.3 is 20.3 Å². The molecular weight excluding hydrogens is 546 g/mol. The molecule has 1 aromatic heterocycles. The van der Waals surface area contributed by atoms with Crippen molar-refractivity contribution in [3.8, 4) is 0 Å². The summed E-state index contributed by atoms with van der Waals surface area (Å²) in [5.41, 5.74) is 0.433. The molecule has 0 aliphatic carbocycles. The van der Waals surface area contributed by atoms with Gasteiger partial charge in [0.25, 0.3) is 0 Å². The summed E-state index contributed by atoms with van der Waals surface area (Å²) < 4.78 is 43.6. The average Bonchev–Trinajstić information content (AvgIpc) is 3.25. The minimum Gasteiger partial charge on any atom is -0.376 e. The molecule has 2 N–H and O–H groups in total. The Hall–Kier alpha value is -2.08. The first-order valence-electron chi connectivity index (χ1n) is 10.8. The lowest BCUT2D eigenvalue weighted by Gasteiger charge is -2.22. The van der Waals surface area contributed by atoms with Gasteiger partial charge in [-0.3, -0.25) is 4.99 Å². The number of hydrogen-bond donors (Lipinski definition) is 2. The predicted molar refractivity (Wildman–Crippen MR) is 135 cm³/mol. The van der Waals surface area contributed by atoms with Crippen LogP contribution in [0.3, 0.4) is 0 Å². The Kier molecular flexibility index (Phi) is 11.2. The second-order valence-electron chi connectivity index (χ2n) is 7.79. The van der Waals surface area contributed by atoms with Gasteiger partial charge >= 0.3 is 6.18 Å². The van der Waals surface area contributed by atoms with Crippen molar-refractivity contribution < 1.29 is 17.9 Å². The molecule has 1 aliphatic heterocycles. The lowest BCUT2D eigenvalue weighted by Crippen LogP contribution is -2.41. The molecule has 0 radical (unpaired) electrons.